The van der Waals surface area contributed by atoms with Gasteiger partial charge in [-0.2, -0.15) is 0 Å². The lowest BCUT2D eigenvalue weighted by Gasteiger charge is -2.16. The Hall–Kier alpha value is -2.41. The van der Waals surface area contributed by atoms with Crippen molar-refractivity contribution >= 4 is 21.6 Å². The molecule has 150 valence electrons. The van der Waals surface area contributed by atoms with Crippen LogP contribution in [0.3, 0.4) is 0 Å². The first-order valence-electron chi connectivity index (χ1n) is 9.25. The van der Waals surface area contributed by atoms with Gasteiger partial charge in [0, 0.05) is 23.0 Å². The van der Waals surface area contributed by atoms with Crippen LogP contribution in [0.4, 0.5) is 0 Å². The Kier molecular flexibility index (Phi) is 5.48. The zero-order valence-corrected chi connectivity index (χ0v) is 17.4. The SMILES string of the molecule is Cc1ccc(C(=O)OCC(=O)c2cc(C)n([C@H]3CCS(=O)(=O)C3)c2C)cc1C. The van der Waals surface area contributed by atoms with Crippen LogP contribution in [0.1, 0.15) is 55.7 Å². The molecule has 6 nitrogen and oxygen atoms in total. The second-order valence-corrected chi connectivity index (χ2v) is 9.74. The summed E-state index contributed by atoms with van der Waals surface area (Å²) in [6.07, 6.45) is 0.550. The zero-order valence-electron chi connectivity index (χ0n) is 16.6. The summed E-state index contributed by atoms with van der Waals surface area (Å²) in [5, 5.41) is 0. The molecule has 1 atom stereocenters. The molecule has 0 N–H and O–H groups in total. The summed E-state index contributed by atoms with van der Waals surface area (Å²) in [6.45, 7) is 7.18. The Morgan fingerprint density at radius 3 is 2.43 bits per heavy atom. The van der Waals surface area contributed by atoms with Crippen molar-refractivity contribution in [2.24, 2.45) is 0 Å². The number of ether oxygens (including phenoxy) is 1. The van der Waals surface area contributed by atoms with Crippen LogP contribution in [0, 0.1) is 27.7 Å². The summed E-state index contributed by atoms with van der Waals surface area (Å²) in [5.41, 5.74) is 4.49. The Morgan fingerprint density at radius 1 is 1.11 bits per heavy atom. The third-order valence-electron chi connectivity index (χ3n) is 5.44. The normalized spacial score (nSPS) is 18.2. The van der Waals surface area contributed by atoms with E-state index in [1.54, 1.807) is 25.1 Å². The van der Waals surface area contributed by atoms with Crippen LogP contribution in [-0.4, -0.2) is 42.9 Å². The molecule has 0 saturated carbocycles. The van der Waals surface area contributed by atoms with Crippen molar-refractivity contribution < 1.29 is 22.7 Å². The Balaban J connectivity index is 1.72. The van der Waals surface area contributed by atoms with Crippen LogP contribution in [0.25, 0.3) is 0 Å². The number of aryl methyl sites for hydroxylation is 3. The van der Waals surface area contributed by atoms with E-state index >= 15 is 0 Å². The number of Topliss-reactive ketones (excluding diaryl/α,β-unsaturated/α-hetero) is 1. The molecule has 28 heavy (non-hydrogen) atoms. The molecule has 1 fully saturated rings. The summed E-state index contributed by atoms with van der Waals surface area (Å²) in [5.74, 6) is -0.561. The fourth-order valence-corrected chi connectivity index (χ4v) is 5.46. The van der Waals surface area contributed by atoms with Gasteiger partial charge in [-0.1, -0.05) is 6.07 Å². The number of benzene rings is 1. The van der Waals surface area contributed by atoms with Crippen molar-refractivity contribution in [2.75, 3.05) is 18.1 Å². The summed E-state index contributed by atoms with van der Waals surface area (Å²) < 4.78 is 30.7. The van der Waals surface area contributed by atoms with E-state index in [1.807, 2.05) is 31.4 Å². The highest BCUT2D eigenvalue weighted by atomic mass is 32.2. The maximum absolute atomic E-state index is 12.6. The number of carbonyl (C=O) groups excluding carboxylic acids is 2. The highest BCUT2D eigenvalue weighted by Gasteiger charge is 2.31. The molecular formula is C21H25NO5S. The molecular weight excluding hydrogens is 378 g/mol. The number of hydrogen-bond acceptors (Lipinski definition) is 5. The average Bonchev–Trinajstić information content (AvgIpc) is 3.13. The van der Waals surface area contributed by atoms with Crippen molar-refractivity contribution in [3.8, 4) is 0 Å². The van der Waals surface area contributed by atoms with Crippen molar-refractivity contribution in [2.45, 2.75) is 40.2 Å². The molecule has 2 aromatic rings. The number of nitrogens with zero attached hydrogens (tertiary/aromatic N) is 1. The van der Waals surface area contributed by atoms with Crippen molar-refractivity contribution in [1.82, 2.24) is 4.57 Å². The van der Waals surface area contributed by atoms with Crippen LogP contribution in [0.5, 0.6) is 0 Å². The maximum Gasteiger partial charge on any atom is 0.338 e. The highest BCUT2D eigenvalue weighted by molar-refractivity contribution is 7.91. The van der Waals surface area contributed by atoms with Gasteiger partial charge in [-0.3, -0.25) is 4.79 Å². The minimum Gasteiger partial charge on any atom is -0.454 e. The Morgan fingerprint density at radius 2 is 1.82 bits per heavy atom. The van der Waals surface area contributed by atoms with Gasteiger partial charge in [-0.15, -0.1) is 0 Å². The van der Waals surface area contributed by atoms with Gasteiger partial charge < -0.3 is 9.30 Å². The van der Waals surface area contributed by atoms with E-state index in [4.69, 9.17) is 4.74 Å². The quantitative estimate of drug-likeness (QED) is 0.566. The second-order valence-electron chi connectivity index (χ2n) is 7.51. The lowest BCUT2D eigenvalue weighted by Crippen LogP contribution is -2.17. The van der Waals surface area contributed by atoms with Crippen LogP contribution in [-0.2, 0) is 14.6 Å². The molecule has 1 aromatic carbocycles. The molecule has 0 spiro atoms. The monoisotopic (exact) mass is 403 g/mol. The number of esters is 1. The third kappa shape index (κ3) is 4.04. The van der Waals surface area contributed by atoms with Crippen molar-refractivity contribution in [1.29, 1.82) is 0 Å². The largest absolute Gasteiger partial charge is 0.454 e. The van der Waals surface area contributed by atoms with Crippen LogP contribution >= 0.6 is 0 Å². The highest BCUT2D eigenvalue weighted by Crippen LogP contribution is 2.29. The van der Waals surface area contributed by atoms with Gasteiger partial charge in [0.1, 0.15) is 0 Å². The molecule has 0 amide bonds. The van der Waals surface area contributed by atoms with Gasteiger partial charge in [-0.25, -0.2) is 13.2 Å². The molecule has 1 aromatic heterocycles. The molecule has 0 radical (unpaired) electrons. The summed E-state index contributed by atoms with van der Waals surface area (Å²) >= 11 is 0. The van der Waals surface area contributed by atoms with Gasteiger partial charge in [0.25, 0.3) is 0 Å². The predicted octanol–water partition coefficient (Wildman–Crippen LogP) is 3.12. The minimum absolute atomic E-state index is 0.0960. The van der Waals surface area contributed by atoms with Crippen molar-refractivity contribution in [3.63, 3.8) is 0 Å². The average molecular weight is 404 g/mol. The first-order valence-corrected chi connectivity index (χ1v) is 11.1. The zero-order chi connectivity index (χ0) is 20.6. The van der Waals surface area contributed by atoms with Crippen molar-refractivity contribution in [3.05, 3.63) is 57.9 Å². The molecule has 1 aliphatic rings. The molecule has 7 heteroatoms. The van der Waals surface area contributed by atoms with Crippen LogP contribution in [0.2, 0.25) is 0 Å². The summed E-state index contributed by atoms with van der Waals surface area (Å²) in [4.78, 5) is 24.9. The predicted molar refractivity (Wildman–Crippen MR) is 107 cm³/mol. The summed E-state index contributed by atoms with van der Waals surface area (Å²) in [7, 11) is -3.02. The molecule has 3 rings (SSSR count). The van der Waals surface area contributed by atoms with E-state index in [0.717, 1.165) is 16.8 Å². The minimum atomic E-state index is -3.02. The lowest BCUT2D eigenvalue weighted by atomic mass is 10.1. The van der Waals surface area contributed by atoms with E-state index < -0.39 is 15.8 Å². The number of ketones is 1. The first kappa shape index (κ1) is 20.3. The number of hydrogen-bond donors (Lipinski definition) is 0. The standard InChI is InChI=1S/C21H25NO5S/c1-13-5-6-17(9-14(13)2)21(24)27-11-20(23)19-10-15(3)22(16(19)4)18-7-8-28(25,26)12-18/h5-6,9-10,18H,7-8,11-12H2,1-4H3/t18-/m0/s1. The lowest BCUT2D eigenvalue weighted by molar-refractivity contribution is 0.0474. The number of sulfone groups is 1. The Bertz CT molecular complexity index is 1050. The van der Waals surface area contributed by atoms with Crippen LogP contribution < -0.4 is 0 Å². The molecule has 2 heterocycles. The maximum atomic E-state index is 12.6. The molecule has 1 saturated heterocycles. The van der Waals surface area contributed by atoms with E-state index in [2.05, 4.69) is 0 Å². The van der Waals surface area contributed by atoms with Gasteiger partial charge in [0.15, 0.2) is 16.4 Å². The molecule has 0 unspecified atom stereocenters. The number of carbonyl (C=O) groups is 2. The van der Waals surface area contributed by atoms with E-state index in [1.165, 1.54) is 0 Å². The number of aromatic nitrogens is 1. The van der Waals surface area contributed by atoms with E-state index in [-0.39, 0.29) is 29.9 Å². The van der Waals surface area contributed by atoms with Crippen LogP contribution in [0.15, 0.2) is 24.3 Å². The molecule has 0 aliphatic carbocycles. The van der Waals surface area contributed by atoms with Gasteiger partial charge in [-0.05, 0) is 63.4 Å². The second kappa shape index (κ2) is 7.54. The third-order valence-corrected chi connectivity index (χ3v) is 7.19. The molecule has 1 aliphatic heterocycles. The Labute approximate surface area is 165 Å². The fourth-order valence-electron chi connectivity index (χ4n) is 3.76. The molecule has 0 bridgehead atoms. The topological polar surface area (TPSA) is 82.4 Å². The smallest absolute Gasteiger partial charge is 0.338 e. The summed E-state index contributed by atoms with van der Waals surface area (Å²) in [6, 6.07) is 6.86. The fraction of sp³-hybridized carbons (Fsp3) is 0.429. The van der Waals surface area contributed by atoms with E-state index in [0.29, 0.717) is 23.2 Å². The van der Waals surface area contributed by atoms with Gasteiger partial charge >= 0.3 is 5.97 Å². The van der Waals surface area contributed by atoms with E-state index in [9.17, 15) is 18.0 Å². The number of rotatable bonds is 5. The van der Waals surface area contributed by atoms with Gasteiger partial charge in [0.05, 0.1) is 17.1 Å². The first-order chi connectivity index (χ1) is 13.1. The van der Waals surface area contributed by atoms with Gasteiger partial charge in [0.2, 0.25) is 5.78 Å².